The molecule has 0 N–H and O–H groups in total. The average molecular weight is 571 g/mol. The predicted molar refractivity (Wildman–Crippen MR) is 134 cm³/mol. The lowest BCUT2D eigenvalue weighted by Crippen LogP contribution is -2.02. The highest BCUT2D eigenvalue weighted by atomic mass is 127. The van der Waals surface area contributed by atoms with Gasteiger partial charge in [-0.1, -0.05) is 12.1 Å². The summed E-state index contributed by atoms with van der Waals surface area (Å²) in [6.07, 6.45) is 1.66. The molecule has 0 spiro atoms. The van der Waals surface area contributed by atoms with Crippen molar-refractivity contribution in [2.24, 2.45) is 0 Å². The van der Waals surface area contributed by atoms with Crippen LogP contribution in [0.25, 0.3) is 11.6 Å². The van der Waals surface area contributed by atoms with E-state index in [-0.39, 0.29) is 18.0 Å². The number of rotatable bonds is 9. The molecule has 0 amide bonds. The summed E-state index contributed by atoms with van der Waals surface area (Å²) in [7, 11) is 0. The van der Waals surface area contributed by atoms with E-state index in [2.05, 4.69) is 28.7 Å². The van der Waals surface area contributed by atoms with E-state index < -0.39 is 9.85 Å². The van der Waals surface area contributed by atoms with Crippen molar-refractivity contribution < 1.29 is 19.3 Å². The predicted octanol–water partition coefficient (Wildman–Crippen LogP) is 6.15. The molecule has 0 bridgehead atoms. The zero-order valence-electron chi connectivity index (χ0n) is 17.9. The second kappa shape index (κ2) is 11.2. The van der Waals surface area contributed by atoms with Crippen LogP contribution in [0.2, 0.25) is 0 Å². The largest absolute Gasteiger partial charge is 0.490 e. The van der Waals surface area contributed by atoms with Gasteiger partial charge in [-0.05, 0) is 76.5 Å². The number of nitrogens with zero attached hydrogens (tertiary/aromatic N) is 3. The molecular weight excluding hydrogens is 553 g/mol. The van der Waals surface area contributed by atoms with Crippen molar-refractivity contribution in [1.29, 1.82) is 5.26 Å². The van der Waals surface area contributed by atoms with E-state index in [0.29, 0.717) is 40.4 Å². The molecule has 0 aliphatic carbocycles. The lowest BCUT2D eigenvalue weighted by Gasteiger charge is -2.15. The molecule has 0 atom stereocenters. The van der Waals surface area contributed by atoms with Crippen molar-refractivity contribution in [2.45, 2.75) is 13.5 Å². The SMILES string of the molecule is CCOc1cc(/C=C(/C#N)c2ccc([N+](=O)[O-])cc2)cc(I)c1OCc1cccc([N+](=O)[O-])c1. The summed E-state index contributed by atoms with van der Waals surface area (Å²) in [5.74, 6) is 0.951. The van der Waals surface area contributed by atoms with Crippen LogP contribution in [0.1, 0.15) is 23.6 Å². The third kappa shape index (κ3) is 6.08. The van der Waals surface area contributed by atoms with Crippen LogP contribution in [0, 0.1) is 35.1 Å². The lowest BCUT2D eigenvalue weighted by atomic mass is 10.0. The molecule has 3 rings (SSSR count). The summed E-state index contributed by atoms with van der Waals surface area (Å²) in [5.41, 5.74) is 2.13. The fraction of sp³-hybridized carbons (Fsp3) is 0.125. The number of nitriles is 1. The number of nitro groups is 2. The van der Waals surface area contributed by atoms with Gasteiger partial charge in [-0.2, -0.15) is 5.26 Å². The van der Waals surface area contributed by atoms with Gasteiger partial charge in [0.15, 0.2) is 11.5 Å². The minimum Gasteiger partial charge on any atom is -0.490 e. The van der Waals surface area contributed by atoms with Crippen LogP contribution < -0.4 is 9.47 Å². The van der Waals surface area contributed by atoms with E-state index in [1.807, 2.05) is 13.0 Å². The smallest absolute Gasteiger partial charge is 0.269 e. The van der Waals surface area contributed by atoms with Crippen molar-refractivity contribution in [3.05, 3.63) is 101 Å². The molecule has 172 valence electrons. The highest BCUT2D eigenvalue weighted by Crippen LogP contribution is 2.36. The third-order valence-electron chi connectivity index (χ3n) is 4.66. The fourth-order valence-corrected chi connectivity index (χ4v) is 3.88. The Hall–Kier alpha value is -3.98. The van der Waals surface area contributed by atoms with Gasteiger partial charge in [-0.25, -0.2) is 0 Å². The number of allylic oxidation sites excluding steroid dienone is 1. The van der Waals surface area contributed by atoms with Gasteiger partial charge >= 0.3 is 0 Å². The Bertz CT molecular complexity index is 1300. The zero-order chi connectivity index (χ0) is 24.7. The number of non-ortho nitro benzene ring substituents is 2. The Kier molecular flexibility index (Phi) is 8.15. The zero-order valence-corrected chi connectivity index (χ0v) is 20.1. The number of hydrogen-bond acceptors (Lipinski definition) is 7. The van der Waals surface area contributed by atoms with Crippen LogP contribution in [-0.2, 0) is 6.61 Å². The van der Waals surface area contributed by atoms with Crippen LogP contribution in [0.4, 0.5) is 11.4 Å². The lowest BCUT2D eigenvalue weighted by molar-refractivity contribution is -0.385. The van der Waals surface area contributed by atoms with Gasteiger partial charge in [0.2, 0.25) is 0 Å². The molecule has 0 saturated heterocycles. The molecule has 0 aromatic heterocycles. The van der Waals surface area contributed by atoms with Crippen LogP contribution >= 0.6 is 22.6 Å². The molecule has 34 heavy (non-hydrogen) atoms. The minimum atomic E-state index is -0.497. The van der Waals surface area contributed by atoms with Gasteiger partial charge in [-0.3, -0.25) is 20.2 Å². The Balaban J connectivity index is 1.90. The monoisotopic (exact) mass is 571 g/mol. The normalized spacial score (nSPS) is 10.9. The molecular formula is C24H18IN3O6. The van der Waals surface area contributed by atoms with Crippen molar-refractivity contribution in [2.75, 3.05) is 6.61 Å². The molecule has 3 aromatic rings. The van der Waals surface area contributed by atoms with E-state index in [1.165, 1.54) is 36.4 Å². The quantitative estimate of drug-likeness (QED) is 0.0991. The first-order valence-electron chi connectivity index (χ1n) is 10.0. The second-order valence-electron chi connectivity index (χ2n) is 6.95. The van der Waals surface area contributed by atoms with E-state index in [0.717, 1.165) is 3.57 Å². The second-order valence-corrected chi connectivity index (χ2v) is 8.11. The van der Waals surface area contributed by atoms with Gasteiger partial charge in [0.25, 0.3) is 11.4 Å². The topological polar surface area (TPSA) is 129 Å². The Morgan fingerprint density at radius 2 is 1.74 bits per heavy atom. The Morgan fingerprint density at radius 3 is 2.35 bits per heavy atom. The first-order chi connectivity index (χ1) is 16.3. The third-order valence-corrected chi connectivity index (χ3v) is 5.46. The molecule has 0 fully saturated rings. The first kappa shape index (κ1) is 24.7. The minimum absolute atomic E-state index is 0.0170. The number of benzene rings is 3. The summed E-state index contributed by atoms with van der Waals surface area (Å²) in [6.45, 7) is 2.32. The van der Waals surface area contributed by atoms with Crippen LogP contribution in [0.5, 0.6) is 11.5 Å². The molecule has 0 saturated carbocycles. The van der Waals surface area contributed by atoms with Gasteiger partial charge in [0, 0.05) is 24.3 Å². The number of ether oxygens (including phenoxy) is 2. The fourth-order valence-electron chi connectivity index (χ4n) is 3.10. The molecule has 3 aromatic carbocycles. The van der Waals surface area contributed by atoms with Crippen LogP contribution in [-0.4, -0.2) is 16.5 Å². The molecule has 0 radical (unpaired) electrons. The summed E-state index contributed by atoms with van der Waals surface area (Å²) < 4.78 is 12.4. The highest BCUT2D eigenvalue weighted by molar-refractivity contribution is 14.1. The maximum Gasteiger partial charge on any atom is 0.269 e. The van der Waals surface area contributed by atoms with Crippen LogP contribution in [0.3, 0.4) is 0 Å². The summed E-state index contributed by atoms with van der Waals surface area (Å²) in [4.78, 5) is 20.9. The van der Waals surface area contributed by atoms with Crippen LogP contribution in [0.15, 0.2) is 60.7 Å². The highest BCUT2D eigenvalue weighted by Gasteiger charge is 2.14. The standard InChI is InChI=1S/C24H18IN3O6/c1-2-33-23-13-17(10-19(14-26)18-6-8-20(9-7-18)27(29)30)12-22(25)24(23)34-15-16-4-3-5-21(11-16)28(31)32/h3-13H,2,15H2,1H3/b19-10-. The molecule has 0 heterocycles. The Morgan fingerprint density at radius 1 is 1.03 bits per heavy atom. The van der Waals surface area contributed by atoms with Gasteiger partial charge in [0.1, 0.15) is 6.61 Å². The van der Waals surface area contributed by atoms with Crippen molar-refractivity contribution >= 4 is 45.6 Å². The van der Waals surface area contributed by atoms with E-state index in [9.17, 15) is 25.5 Å². The average Bonchev–Trinajstić information content (AvgIpc) is 2.82. The van der Waals surface area contributed by atoms with Gasteiger partial charge < -0.3 is 9.47 Å². The maximum atomic E-state index is 11.0. The van der Waals surface area contributed by atoms with Gasteiger partial charge in [-0.15, -0.1) is 0 Å². The van der Waals surface area contributed by atoms with Gasteiger partial charge in [0.05, 0.1) is 31.7 Å². The Labute approximate surface area is 208 Å². The van der Waals surface area contributed by atoms with E-state index >= 15 is 0 Å². The summed E-state index contributed by atoms with van der Waals surface area (Å²) >= 11 is 2.10. The number of halogens is 1. The molecule has 0 unspecified atom stereocenters. The number of hydrogen-bond donors (Lipinski definition) is 0. The number of nitro benzene ring substituents is 2. The van der Waals surface area contributed by atoms with Crippen molar-refractivity contribution in [3.63, 3.8) is 0 Å². The maximum absolute atomic E-state index is 11.0. The molecule has 0 aliphatic rings. The summed E-state index contributed by atoms with van der Waals surface area (Å²) in [5, 5.41) is 31.5. The van der Waals surface area contributed by atoms with Crippen molar-refractivity contribution in [3.8, 4) is 17.6 Å². The van der Waals surface area contributed by atoms with E-state index in [4.69, 9.17) is 9.47 Å². The van der Waals surface area contributed by atoms with E-state index in [1.54, 1.807) is 24.3 Å². The summed E-state index contributed by atoms with van der Waals surface area (Å²) in [6, 6.07) is 17.6. The molecule has 10 heteroatoms. The first-order valence-corrected chi connectivity index (χ1v) is 11.1. The molecule has 9 nitrogen and oxygen atoms in total. The van der Waals surface area contributed by atoms with Crippen molar-refractivity contribution in [1.82, 2.24) is 0 Å². The molecule has 0 aliphatic heterocycles.